The van der Waals surface area contributed by atoms with Crippen LogP contribution in [-0.4, -0.2) is 51.4 Å². The number of ether oxygens (including phenoxy) is 1. The molecule has 9 heteroatoms. The van der Waals surface area contributed by atoms with E-state index in [4.69, 9.17) is 4.74 Å². The minimum atomic E-state index is -0.432. The predicted octanol–water partition coefficient (Wildman–Crippen LogP) is 1.26. The third-order valence-corrected chi connectivity index (χ3v) is 5.34. The Hall–Kier alpha value is -2.13. The molecule has 2 aromatic heterocycles. The first-order chi connectivity index (χ1) is 11.7. The van der Waals surface area contributed by atoms with Crippen molar-refractivity contribution in [3.05, 3.63) is 23.6 Å². The Morgan fingerprint density at radius 2 is 2.33 bits per heavy atom. The number of carbonyl (C=O) groups excluding carboxylic acids is 1. The van der Waals surface area contributed by atoms with Gasteiger partial charge in [0.05, 0.1) is 12.3 Å². The first kappa shape index (κ1) is 15.4. The number of hydrogen-bond donors (Lipinski definition) is 1. The molecule has 2 aromatic rings. The Labute approximate surface area is 143 Å². The largest absolute Gasteiger partial charge is 0.363 e. The summed E-state index contributed by atoms with van der Waals surface area (Å²) in [6, 6.07) is 0. The van der Waals surface area contributed by atoms with Gasteiger partial charge in [-0.2, -0.15) is 0 Å². The summed E-state index contributed by atoms with van der Waals surface area (Å²) in [5.41, 5.74) is 0. The molecule has 4 heterocycles. The maximum absolute atomic E-state index is 12.4. The quantitative estimate of drug-likeness (QED) is 0.894. The number of anilines is 2. The van der Waals surface area contributed by atoms with Crippen LogP contribution in [0.4, 0.5) is 10.9 Å². The minimum absolute atomic E-state index is 0.0561. The second kappa shape index (κ2) is 6.40. The normalized spacial score (nSPS) is 26.2. The Bertz CT molecular complexity index is 724. The molecule has 0 radical (unpaired) electrons. The highest BCUT2D eigenvalue weighted by Crippen LogP contribution is 2.35. The van der Waals surface area contributed by atoms with Crippen molar-refractivity contribution in [1.29, 1.82) is 0 Å². The molecule has 0 aromatic carbocycles. The minimum Gasteiger partial charge on any atom is -0.363 e. The molecule has 0 aliphatic carbocycles. The standard InChI is InChI=1S/C15H18N6O2S/c1-9-19-20-15(24-9)21-5-2-10-6-11(23-12(10)8-21)14(22)18-13-7-16-3-4-17-13/h3-4,7,10-12H,2,5-6,8H2,1H3,(H,17,18,22)/t10-,11+,12+/m1/s1. The zero-order valence-corrected chi connectivity index (χ0v) is 14.1. The van der Waals surface area contributed by atoms with Crippen LogP contribution >= 0.6 is 11.3 Å². The number of aromatic nitrogens is 4. The maximum Gasteiger partial charge on any atom is 0.254 e. The number of fused-ring (bicyclic) bond motifs is 1. The van der Waals surface area contributed by atoms with Gasteiger partial charge in [-0.1, -0.05) is 11.3 Å². The molecule has 4 rings (SSSR count). The van der Waals surface area contributed by atoms with E-state index in [1.54, 1.807) is 23.7 Å². The lowest BCUT2D eigenvalue weighted by molar-refractivity contribution is -0.126. The molecular formula is C15H18N6O2S. The smallest absolute Gasteiger partial charge is 0.254 e. The Morgan fingerprint density at radius 3 is 3.08 bits per heavy atom. The molecule has 0 saturated carbocycles. The number of rotatable bonds is 3. The first-order valence-electron chi connectivity index (χ1n) is 7.96. The van der Waals surface area contributed by atoms with Gasteiger partial charge in [0.15, 0.2) is 5.82 Å². The van der Waals surface area contributed by atoms with E-state index in [1.807, 2.05) is 6.92 Å². The van der Waals surface area contributed by atoms with Gasteiger partial charge < -0.3 is 15.0 Å². The fourth-order valence-corrected chi connectivity index (χ4v) is 3.98. The second-order valence-corrected chi connectivity index (χ2v) is 7.24. The summed E-state index contributed by atoms with van der Waals surface area (Å²) in [5, 5.41) is 12.9. The van der Waals surface area contributed by atoms with Crippen molar-refractivity contribution in [1.82, 2.24) is 20.2 Å². The zero-order valence-electron chi connectivity index (χ0n) is 13.3. The average molecular weight is 346 g/mol. The molecule has 0 unspecified atom stereocenters. The highest BCUT2D eigenvalue weighted by Gasteiger charge is 2.42. The molecule has 2 aliphatic rings. The molecule has 2 aliphatic heterocycles. The summed E-state index contributed by atoms with van der Waals surface area (Å²) in [7, 11) is 0. The fraction of sp³-hybridized carbons (Fsp3) is 0.533. The predicted molar refractivity (Wildman–Crippen MR) is 88.9 cm³/mol. The number of amides is 1. The van der Waals surface area contributed by atoms with E-state index in [2.05, 4.69) is 30.4 Å². The van der Waals surface area contributed by atoms with Crippen molar-refractivity contribution in [3.8, 4) is 0 Å². The SMILES string of the molecule is Cc1nnc(N2CC[C@@H]3C[C@@H](C(=O)Nc4cnccn4)O[C@H]3C2)s1. The zero-order chi connectivity index (χ0) is 16.5. The van der Waals surface area contributed by atoms with Crippen molar-refractivity contribution in [2.75, 3.05) is 23.3 Å². The van der Waals surface area contributed by atoms with E-state index in [0.29, 0.717) is 11.7 Å². The highest BCUT2D eigenvalue weighted by atomic mass is 32.1. The van der Waals surface area contributed by atoms with Crippen LogP contribution in [0.3, 0.4) is 0 Å². The van der Waals surface area contributed by atoms with Crippen molar-refractivity contribution < 1.29 is 9.53 Å². The van der Waals surface area contributed by atoms with E-state index in [1.165, 1.54) is 6.20 Å². The highest BCUT2D eigenvalue weighted by molar-refractivity contribution is 7.15. The van der Waals surface area contributed by atoms with Crippen molar-refractivity contribution in [3.63, 3.8) is 0 Å². The van der Waals surface area contributed by atoms with E-state index in [-0.39, 0.29) is 12.0 Å². The van der Waals surface area contributed by atoms with Crippen LogP contribution in [0, 0.1) is 12.8 Å². The van der Waals surface area contributed by atoms with Crippen LogP contribution in [0.25, 0.3) is 0 Å². The fourth-order valence-electron chi connectivity index (χ4n) is 3.26. The van der Waals surface area contributed by atoms with E-state index >= 15 is 0 Å². The van der Waals surface area contributed by atoms with Crippen LogP contribution in [0.5, 0.6) is 0 Å². The van der Waals surface area contributed by atoms with Crippen LogP contribution in [0.2, 0.25) is 0 Å². The lowest BCUT2D eigenvalue weighted by Gasteiger charge is -2.33. The number of piperidine rings is 1. The molecule has 2 fully saturated rings. The number of nitrogens with zero attached hydrogens (tertiary/aromatic N) is 5. The van der Waals surface area contributed by atoms with Crippen molar-refractivity contribution in [2.24, 2.45) is 5.92 Å². The van der Waals surface area contributed by atoms with Gasteiger partial charge in [-0.05, 0) is 25.7 Å². The number of carbonyl (C=O) groups is 1. The first-order valence-corrected chi connectivity index (χ1v) is 8.78. The van der Waals surface area contributed by atoms with Gasteiger partial charge in [0.2, 0.25) is 5.13 Å². The third kappa shape index (κ3) is 3.09. The summed E-state index contributed by atoms with van der Waals surface area (Å²) in [4.78, 5) is 22.6. The van der Waals surface area contributed by atoms with Gasteiger partial charge in [-0.15, -0.1) is 10.2 Å². The van der Waals surface area contributed by atoms with Gasteiger partial charge in [-0.25, -0.2) is 4.98 Å². The Balaban J connectivity index is 1.38. The lowest BCUT2D eigenvalue weighted by atomic mass is 9.92. The van der Waals surface area contributed by atoms with Gasteiger partial charge in [0.1, 0.15) is 11.1 Å². The molecule has 126 valence electrons. The maximum atomic E-state index is 12.4. The van der Waals surface area contributed by atoms with Crippen molar-refractivity contribution >= 4 is 28.2 Å². The van der Waals surface area contributed by atoms with Gasteiger partial charge in [0, 0.05) is 25.5 Å². The van der Waals surface area contributed by atoms with Crippen molar-refractivity contribution in [2.45, 2.75) is 32.0 Å². The summed E-state index contributed by atoms with van der Waals surface area (Å²) in [5.74, 6) is 0.711. The molecule has 3 atom stereocenters. The molecule has 1 amide bonds. The Morgan fingerprint density at radius 1 is 1.42 bits per heavy atom. The summed E-state index contributed by atoms with van der Waals surface area (Å²) < 4.78 is 6.01. The van der Waals surface area contributed by atoms with Crippen LogP contribution in [-0.2, 0) is 9.53 Å². The molecule has 2 saturated heterocycles. The van der Waals surface area contributed by atoms with E-state index in [0.717, 1.165) is 36.1 Å². The Kier molecular flexibility index (Phi) is 4.11. The van der Waals surface area contributed by atoms with Gasteiger partial charge in [0.25, 0.3) is 5.91 Å². The van der Waals surface area contributed by atoms with E-state index in [9.17, 15) is 4.79 Å². The molecule has 0 spiro atoms. The summed E-state index contributed by atoms with van der Waals surface area (Å²) in [6.07, 6.45) is 6.02. The number of hydrogen-bond acceptors (Lipinski definition) is 8. The number of aryl methyl sites for hydroxylation is 1. The molecule has 8 nitrogen and oxygen atoms in total. The van der Waals surface area contributed by atoms with E-state index < -0.39 is 6.10 Å². The van der Waals surface area contributed by atoms with Gasteiger partial charge >= 0.3 is 0 Å². The monoisotopic (exact) mass is 346 g/mol. The van der Waals surface area contributed by atoms with Crippen LogP contribution in [0.1, 0.15) is 17.8 Å². The lowest BCUT2D eigenvalue weighted by Crippen LogP contribution is -2.42. The summed E-state index contributed by atoms with van der Waals surface area (Å²) in [6.45, 7) is 3.64. The topological polar surface area (TPSA) is 93.1 Å². The summed E-state index contributed by atoms with van der Waals surface area (Å²) >= 11 is 1.59. The number of nitrogens with one attached hydrogen (secondary N) is 1. The van der Waals surface area contributed by atoms with Crippen LogP contribution in [0.15, 0.2) is 18.6 Å². The molecule has 24 heavy (non-hydrogen) atoms. The van der Waals surface area contributed by atoms with Crippen LogP contribution < -0.4 is 10.2 Å². The molecule has 1 N–H and O–H groups in total. The van der Waals surface area contributed by atoms with Gasteiger partial charge in [-0.3, -0.25) is 9.78 Å². The molecule has 0 bridgehead atoms. The average Bonchev–Trinajstić information content (AvgIpc) is 3.21. The second-order valence-electron chi connectivity index (χ2n) is 6.08. The molecular weight excluding hydrogens is 328 g/mol. The third-order valence-electron chi connectivity index (χ3n) is 4.44.